The zero-order chi connectivity index (χ0) is 21.6. The van der Waals surface area contributed by atoms with E-state index in [2.05, 4.69) is 12.1 Å². The Labute approximate surface area is 180 Å². The number of carbonyl (C=O) groups excluding carboxylic acids is 1. The molecule has 2 aromatic carbocycles. The van der Waals surface area contributed by atoms with E-state index in [-0.39, 0.29) is 11.2 Å². The second-order valence-electron chi connectivity index (χ2n) is 7.92. The summed E-state index contributed by atoms with van der Waals surface area (Å²) in [6, 6.07) is 19.5. The van der Waals surface area contributed by atoms with E-state index in [0.29, 0.717) is 32.4 Å². The molecule has 0 bridgehead atoms. The number of benzene rings is 2. The van der Waals surface area contributed by atoms with Crippen LogP contribution in [0, 0.1) is 5.41 Å². The number of allylic oxidation sites excluding steroid dienone is 1. The Balaban J connectivity index is 1.91. The largest absolute Gasteiger partial charge is 0.295 e. The molecule has 2 aromatic rings. The molecular formula is C25H29NO3S. The van der Waals surface area contributed by atoms with Crippen LogP contribution in [0.3, 0.4) is 0 Å². The molecule has 1 aliphatic rings. The highest BCUT2D eigenvalue weighted by atomic mass is 32.2. The molecule has 0 amide bonds. The van der Waals surface area contributed by atoms with Crippen LogP contribution in [0.2, 0.25) is 0 Å². The van der Waals surface area contributed by atoms with Crippen LogP contribution in [0.4, 0.5) is 0 Å². The summed E-state index contributed by atoms with van der Waals surface area (Å²) >= 11 is 0. The van der Waals surface area contributed by atoms with Crippen LogP contribution in [0.25, 0.3) is 6.08 Å². The van der Waals surface area contributed by atoms with Crippen molar-refractivity contribution in [2.75, 3.05) is 13.1 Å². The van der Waals surface area contributed by atoms with Crippen molar-refractivity contribution in [1.82, 2.24) is 4.31 Å². The maximum Gasteiger partial charge on any atom is 0.236 e. The molecule has 3 rings (SSSR count). The van der Waals surface area contributed by atoms with E-state index in [1.165, 1.54) is 9.71 Å². The van der Waals surface area contributed by atoms with Gasteiger partial charge in [-0.2, -0.15) is 4.31 Å². The Morgan fingerprint density at radius 1 is 1.03 bits per heavy atom. The molecule has 0 saturated heterocycles. The van der Waals surface area contributed by atoms with Gasteiger partial charge in [-0.1, -0.05) is 73.2 Å². The molecule has 1 aliphatic carbocycles. The molecule has 0 fully saturated rings. The van der Waals surface area contributed by atoms with Gasteiger partial charge in [0.05, 0.1) is 0 Å². The molecule has 0 N–H and O–H groups in total. The summed E-state index contributed by atoms with van der Waals surface area (Å²) in [5.41, 5.74) is 2.56. The fourth-order valence-electron chi connectivity index (χ4n) is 4.03. The van der Waals surface area contributed by atoms with Gasteiger partial charge >= 0.3 is 0 Å². The first-order valence-corrected chi connectivity index (χ1v) is 11.8. The number of ketones is 1. The van der Waals surface area contributed by atoms with E-state index in [1.54, 1.807) is 12.2 Å². The van der Waals surface area contributed by atoms with Crippen molar-refractivity contribution in [2.24, 2.45) is 5.41 Å². The molecule has 0 aliphatic heterocycles. The molecule has 0 aromatic heterocycles. The summed E-state index contributed by atoms with van der Waals surface area (Å²) < 4.78 is 27.8. The average Bonchev–Trinajstić information content (AvgIpc) is 2.75. The monoisotopic (exact) mass is 423 g/mol. The quantitative estimate of drug-likeness (QED) is 0.610. The summed E-state index contributed by atoms with van der Waals surface area (Å²) in [5, 5.41) is 1.29. The number of hydrogen-bond donors (Lipinski definition) is 0. The van der Waals surface area contributed by atoms with E-state index in [1.807, 2.05) is 62.4 Å². The molecule has 4 nitrogen and oxygen atoms in total. The first-order valence-electron chi connectivity index (χ1n) is 10.3. The lowest BCUT2D eigenvalue weighted by Crippen LogP contribution is -2.44. The Kier molecular flexibility index (Phi) is 7.06. The molecular weight excluding hydrogens is 394 g/mol. The van der Waals surface area contributed by atoms with Crippen LogP contribution in [0.5, 0.6) is 0 Å². The van der Waals surface area contributed by atoms with Gasteiger partial charge in [0.25, 0.3) is 0 Å². The summed E-state index contributed by atoms with van der Waals surface area (Å²) in [6.07, 6.45) is 5.14. The van der Waals surface area contributed by atoms with Crippen LogP contribution in [0.15, 0.2) is 77.7 Å². The molecule has 0 spiro atoms. The van der Waals surface area contributed by atoms with E-state index in [4.69, 9.17) is 0 Å². The minimum absolute atomic E-state index is 0.117. The Morgan fingerprint density at radius 2 is 1.67 bits per heavy atom. The zero-order valence-electron chi connectivity index (χ0n) is 17.6. The summed E-state index contributed by atoms with van der Waals surface area (Å²) in [6.45, 7) is 4.55. The Hall–Kier alpha value is -2.50. The van der Waals surface area contributed by atoms with Gasteiger partial charge in [0.15, 0.2) is 5.78 Å². The Bertz CT molecular complexity index is 1030. The second kappa shape index (κ2) is 9.54. The van der Waals surface area contributed by atoms with Crippen molar-refractivity contribution in [3.63, 3.8) is 0 Å². The molecule has 0 saturated carbocycles. The highest BCUT2D eigenvalue weighted by molar-refractivity contribution is 7.92. The van der Waals surface area contributed by atoms with Gasteiger partial charge in [-0.15, -0.1) is 0 Å². The van der Waals surface area contributed by atoms with E-state index in [9.17, 15) is 13.2 Å². The standard InChI is InChI=1S/C25H29NO3S/c1-3-26(30(28,29)17-15-22-10-6-4-7-11-22)20-25(16-14-24(27)18-21(25)2)19-23-12-8-5-9-13-23/h4-13,15,17-18H,3,14,16,19-20H2,1-2H3/b17-15+. The predicted octanol–water partition coefficient (Wildman–Crippen LogP) is 4.85. The van der Waals surface area contributed by atoms with Gasteiger partial charge in [0, 0.05) is 30.3 Å². The van der Waals surface area contributed by atoms with E-state index >= 15 is 0 Å². The lowest BCUT2D eigenvalue weighted by atomic mass is 9.69. The molecule has 1 atom stereocenters. The predicted molar refractivity (Wildman–Crippen MR) is 122 cm³/mol. The normalized spacial score (nSPS) is 20.0. The van der Waals surface area contributed by atoms with E-state index < -0.39 is 10.0 Å². The van der Waals surface area contributed by atoms with E-state index in [0.717, 1.165) is 16.7 Å². The highest BCUT2D eigenvalue weighted by Crippen LogP contribution is 2.41. The summed E-state index contributed by atoms with van der Waals surface area (Å²) in [5.74, 6) is 0.117. The number of sulfonamides is 1. The smallest absolute Gasteiger partial charge is 0.236 e. The number of nitrogens with zero attached hydrogens (tertiary/aromatic N) is 1. The van der Waals surface area contributed by atoms with Gasteiger partial charge in [-0.05, 0) is 43.0 Å². The van der Waals surface area contributed by atoms with Crippen LogP contribution in [-0.4, -0.2) is 31.6 Å². The molecule has 30 heavy (non-hydrogen) atoms. The third kappa shape index (κ3) is 5.35. The van der Waals surface area contributed by atoms with Crippen molar-refractivity contribution in [3.8, 4) is 0 Å². The Morgan fingerprint density at radius 3 is 2.27 bits per heavy atom. The van der Waals surface area contributed by atoms with Crippen LogP contribution >= 0.6 is 0 Å². The fraction of sp³-hybridized carbons (Fsp3) is 0.320. The van der Waals surface area contributed by atoms with Gasteiger partial charge in [0.1, 0.15) is 0 Å². The third-order valence-electron chi connectivity index (χ3n) is 5.87. The summed E-state index contributed by atoms with van der Waals surface area (Å²) in [4.78, 5) is 12.0. The fourth-order valence-corrected chi connectivity index (χ4v) is 5.32. The van der Waals surface area contributed by atoms with Crippen LogP contribution in [0.1, 0.15) is 37.8 Å². The third-order valence-corrected chi connectivity index (χ3v) is 7.46. The maximum atomic E-state index is 13.1. The molecule has 0 radical (unpaired) electrons. The number of rotatable bonds is 8. The summed E-state index contributed by atoms with van der Waals surface area (Å²) in [7, 11) is -3.60. The van der Waals surface area contributed by atoms with Gasteiger partial charge in [-0.25, -0.2) is 8.42 Å². The SMILES string of the molecule is CCN(CC1(Cc2ccccc2)CCC(=O)C=C1C)S(=O)(=O)/C=C/c1ccccc1. The van der Waals surface area contributed by atoms with Crippen LogP contribution in [-0.2, 0) is 21.2 Å². The molecule has 5 heteroatoms. The zero-order valence-corrected chi connectivity index (χ0v) is 18.4. The van der Waals surface area contributed by atoms with Crippen molar-refractivity contribution < 1.29 is 13.2 Å². The average molecular weight is 424 g/mol. The first kappa shape index (κ1) is 22.2. The minimum Gasteiger partial charge on any atom is -0.295 e. The number of carbonyl (C=O) groups is 1. The minimum atomic E-state index is -3.60. The molecule has 158 valence electrons. The molecule has 1 unspecified atom stereocenters. The first-order chi connectivity index (χ1) is 14.3. The second-order valence-corrected chi connectivity index (χ2v) is 9.74. The highest BCUT2D eigenvalue weighted by Gasteiger charge is 2.39. The van der Waals surface area contributed by atoms with Crippen molar-refractivity contribution in [2.45, 2.75) is 33.1 Å². The van der Waals surface area contributed by atoms with Crippen molar-refractivity contribution in [3.05, 3.63) is 88.8 Å². The van der Waals surface area contributed by atoms with Crippen LogP contribution < -0.4 is 0 Å². The van der Waals surface area contributed by atoms with Gasteiger partial charge < -0.3 is 0 Å². The van der Waals surface area contributed by atoms with Crippen molar-refractivity contribution >= 4 is 21.9 Å². The van der Waals surface area contributed by atoms with Gasteiger partial charge in [0.2, 0.25) is 10.0 Å². The maximum absolute atomic E-state index is 13.1. The molecule has 0 heterocycles. The topological polar surface area (TPSA) is 54.5 Å². The lowest BCUT2D eigenvalue weighted by Gasteiger charge is -2.40. The van der Waals surface area contributed by atoms with Crippen molar-refractivity contribution in [1.29, 1.82) is 0 Å². The number of hydrogen-bond acceptors (Lipinski definition) is 3. The lowest BCUT2D eigenvalue weighted by molar-refractivity contribution is -0.115. The van der Waals surface area contributed by atoms with Gasteiger partial charge in [-0.3, -0.25) is 4.79 Å².